The minimum atomic E-state index is -1.18. The van der Waals surface area contributed by atoms with Crippen LogP contribution in [0, 0.1) is 17.8 Å². The predicted octanol–water partition coefficient (Wildman–Crippen LogP) is 2.78. The Bertz CT molecular complexity index is 1870. The van der Waals surface area contributed by atoms with Gasteiger partial charge in [-0.1, -0.05) is 71.4 Å². The Hall–Kier alpha value is -4.32. The van der Waals surface area contributed by atoms with Crippen LogP contribution in [-0.4, -0.2) is 219 Å². The van der Waals surface area contributed by atoms with Gasteiger partial charge in [0.05, 0.1) is 129 Å². The van der Waals surface area contributed by atoms with Gasteiger partial charge in [0.2, 0.25) is 29.5 Å². The number of carbonyl (C=O) groups is 6. The molecule has 2 saturated heterocycles. The summed E-state index contributed by atoms with van der Waals surface area (Å²) in [5.41, 5.74) is 5.05. The molecule has 2 fully saturated rings. The maximum atomic E-state index is 14.7. The Labute approximate surface area is 452 Å². The number of rotatable bonds is 39. The van der Waals surface area contributed by atoms with E-state index < -0.39 is 65.6 Å². The van der Waals surface area contributed by atoms with Crippen LogP contribution in [0.3, 0.4) is 0 Å². The SMILES string of the molecule is CCC(C)C(C(CC(=O)N1CCCC1C(OC)C(C)C(=O)NC(Cc1ccccc1)C(=O)OC)OC)N(C)C(=O)C(NC(=O)C1(C)CCCN1C(=O)CCOCCOCCOCCOCCOCCOCCN)C(C)C. The van der Waals surface area contributed by atoms with Gasteiger partial charge in [0.25, 0.3) is 0 Å². The van der Waals surface area contributed by atoms with Crippen LogP contribution in [-0.2, 0) is 77.8 Å². The Morgan fingerprint density at radius 1 is 0.750 bits per heavy atom. The molecule has 21 nitrogen and oxygen atoms in total. The number of likely N-dealkylation sites (tertiary alicyclic amines) is 2. The van der Waals surface area contributed by atoms with Gasteiger partial charge in [0.15, 0.2) is 0 Å². The number of nitrogens with two attached hydrogens (primary N) is 1. The molecule has 4 N–H and O–H groups in total. The molecule has 1 aromatic rings. The molecular weight excluding hydrogens is 985 g/mol. The van der Waals surface area contributed by atoms with Crippen LogP contribution in [0.1, 0.15) is 92.1 Å². The highest BCUT2D eigenvalue weighted by atomic mass is 16.6. The molecule has 9 atom stereocenters. The van der Waals surface area contributed by atoms with Crippen LogP contribution < -0.4 is 16.4 Å². The normalized spacial score (nSPS) is 19.4. The van der Waals surface area contributed by atoms with Crippen molar-refractivity contribution >= 4 is 35.5 Å². The van der Waals surface area contributed by atoms with Gasteiger partial charge in [-0.2, -0.15) is 0 Å². The van der Waals surface area contributed by atoms with Crippen molar-refractivity contribution < 1.29 is 71.4 Å². The predicted molar refractivity (Wildman–Crippen MR) is 285 cm³/mol. The van der Waals surface area contributed by atoms with Crippen LogP contribution in [0.25, 0.3) is 0 Å². The number of amides is 5. The van der Waals surface area contributed by atoms with Crippen LogP contribution >= 0.6 is 0 Å². The second kappa shape index (κ2) is 36.0. The van der Waals surface area contributed by atoms with Gasteiger partial charge in [0, 0.05) is 47.3 Å². The third-order valence-electron chi connectivity index (χ3n) is 14.6. The van der Waals surface area contributed by atoms with Crippen molar-refractivity contribution in [3.8, 4) is 0 Å². The molecule has 5 amide bonds. The molecule has 0 radical (unpaired) electrons. The third kappa shape index (κ3) is 20.8. The molecule has 0 aromatic heterocycles. The zero-order chi connectivity index (χ0) is 56.0. The fourth-order valence-electron chi connectivity index (χ4n) is 10.0. The van der Waals surface area contributed by atoms with E-state index in [1.54, 1.807) is 35.6 Å². The quantitative estimate of drug-likeness (QED) is 0.0634. The van der Waals surface area contributed by atoms with Gasteiger partial charge in [-0.15, -0.1) is 0 Å². The van der Waals surface area contributed by atoms with Crippen LogP contribution in [0.4, 0.5) is 0 Å². The average Bonchev–Trinajstić information content (AvgIpc) is 4.07. The smallest absolute Gasteiger partial charge is 0.328 e. The highest BCUT2D eigenvalue weighted by Crippen LogP contribution is 2.32. The molecule has 21 heteroatoms. The summed E-state index contributed by atoms with van der Waals surface area (Å²) in [6, 6.07) is 6.47. The second-order valence-corrected chi connectivity index (χ2v) is 20.2. The Morgan fingerprint density at radius 3 is 1.83 bits per heavy atom. The zero-order valence-electron chi connectivity index (χ0n) is 47.4. The number of carbonyl (C=O) groups excluding carboxylic acids is 6. The number of hydrogen-bond acceptors (Lipinski definition) is 16. The maximum Gasteiger partial charge on any atom is 0.328 e. The first kappa shape index (κ1) is 66.0. The van der Waals surface area contributed by atoms with E-state index >= 15 is 0 Å². The van der Waals surface area contributed by atoms with Crippen molar-refractivity contribution in [2.45, 2.75) is 135 Å². The van der Waals surface area contributed by atoms with Crippen molar-refractivity contribution in [3.05, 3.63) is 35.9 Å². The van der Waals surface area contributed by atoms with Gasteiger partial charge >= 0.3 is 5.97 Å². The van der Waals surface area contributed by atoms with Gasteiger partial charge in [-0.25, -0.2) is 4.79 Å². The Kier molecular flexibility index (Phi) is 31.2. The summed E-state index contributed by atoms with van der Waals surface area (Å²) in [6.07, 6.45) is 1.85. The number of likely N-dealkylation sites (N-methyl/N-ethyl adjacent to an activating group) is 1. The van der Waals surface area contributed by atoms with E-state index in [9.17, 15) is 28.8 Å². The Morgan fingerprint density at radius 2 is 1.32 bits per heavy atom. The number of methoxy groups -OCH3 is 3. The summed E-state index contributed by atoms with van der Waals surface area (Å²) >= 11 is 0. The molecule has 434 valence electrons. The first-order valence-corrected chi connectivity index (χ1v) is 27.3. The fraction of sp³-hybridized carbons (Fsp3) is 0.782. The lowest BCUT2D eigenvalue weighted by Crippen LogP contribution is -2.62. The Balaban J connectivity index is 1.54. The lowest BCUT2D eigenvalue weighted by atomic mass is 9.89. The second-order valence-electron chi connectivity index (χ2n) is 20.2. The molecule has 2 aliphatic rings. The summed E-state index contributed by atoms with van der Waals surface area (Å²) < 4.78 is 50.0. The number of nitrogens with zero attached hydrogens (tertiary/aromatic N) is 3. The van der Waals surface area contributed by atoms with Crippen molar-refractivity contribution in [2.24, 2.45) is 23.5 Å². The third-order valence-corrected chi connectivity index (χ3v) is 14.6. The first-order valence-electron chi connectivity index (χ1n) is 27.3. The molecule has 3 rings (SSSR count). The molecule has 0 bridgehead atoms. The largest absolute Gasteiger partial charge is 0.467 e. The van der Waals surface area contributed by atoms with E-state index in [0.29, 0.717) is 118 Å². The molecule has 2 aliphatic heterocycles. The minimum Gasteiger partial charge on any atom is -0.467 e. The van der Waals surface area contributed by atoms with Crippen molar-refractivity contribution in [1.29, 1.82) is 0 Å². The highest BCUT2D eigenvalue weighted by molar-refractivity contribution is 5.95. The van der Waals surface area contributed by atoms with E-state index in [0.717, 1.165) is 5.56 Å². The van der Waals surface area contributed by atoms with Gasteiger partial charge in [-0.3, -0.25) is 24.0 Å². The number of hydrogen-bond donors (Lipinski definition) is 3. The minimum absolute atomic E-state index is 0.0555. The van der Waals surface area contributed by atoms with Crippen LogP contribution in [0.15, 0.2) is 30.3 Å². The van der Waals surface area contributed by atoms with E-state index in [1.807, 2.05) is 58.0 Å². The van der Waals surface area contributed by atoms with Gasteiger partial charge in [-0.05, 0) is 50.0 Å². The topological polar surface area (TPSA) is 245 Å². The molecule has 0 aliphatic carbocycles. The average molecular weight is 1080 g/mol. The first-order chi connectivity index (χ1) is 36.5. The summed E-state index contributed by atoms with van der Waals surface area (Å²) in [7, 11) is 6.00. The number of nitrogens with one attached hydrogen (secondary N) is 2. The van der Waals surface area contributed by atoms with E-state index in [1.165, 1.54) is 21.3 Å². The van der Waals surface area contributed by atoms with Gasteiger partial charge in [0.1, 0.15) is 17.6 Å². The lowest BCUT2D eigenvalue weighted by Gasteiger charge is -2.41. The van der Waals surface area contributed by atoms with E-state index in [2.05, 4.69) is 10.6 Å². The summed E-state index contributed by atoms with van der Waals surface area (Å²) in [5, 5.41) is 5.90. The highest BCUT2D eigenvalue weighted by Gasteiger charge is 2.48. The summed E-state index contributed by atoms with van der Waals surface area (Å²) in [5.74, 6) is -3.34. The van der Waals surface area contributed by atoms with Gasteiger partial charge < -0.3 is 73.7 Å². The van der Waals surface area contributed by atoms with Crippen LogP contribution in [0.5, 0.6) is 0 Å². The molecular formula is C55H94N6O15. The van der Waals surface area contributed by atoms with E-state index in [4.69, 9.17) is 48.4 Å². The van der Waals surface area contributed by atoms with Crippen molar-refractivity contribution in [1.82, 2.24) is 25.3 Å². The number of esters is 1. The summed E-state index contributed by atoms with van der Waals surface area (Å²) in [6.45, 7) is 17.4. The lowest BCUT2D eigenvalue weighted by molar-refractivity contribution is -0.150. The molecule has 0 saturated carbocycles. The molecule has 9 unspecified atom stereocenters. The number of ether oxygens (including phenoxy) is 9. The maximum absolute atomic E-state index is 14.7. The van der Waals surface area contributed by atoms with Crippen molar-refractivity contribution in [2.75, 3.05) is 127 Å². The number of benzene rings is 1. The van der Waals surface area contributed by atoms with E-state index in [-0.39, 0.29) is 62.0 Å². The monoisotopic (exact) mass is 1080 g/mol. The molecule has 1 aromatic carbocycles. The molecule has 76 heavy (non-hydrogen) atoms. The van der Waals surface area contributed by atoms with Crippen molar-refractivity contribution in [3.63, 3.8) is 0 Å². The molecule has 2 heterocycles. The van der Waals surface area contributed by atoms with Crippen LogP contribution in [0.2, 0.25) is 0 Å². The summed E-state index contributed by atoms with van der Waals surface area (Å²) in [4.78, 5) is 88.5. The standard InChI is InChI=1S/C55H94N6O15/c1-11-40(4)49(45(68-8)38-47(63)60-23-15-19-44(60)50(69-9)41(5)51(64)57-43(53(66)70-10)37-42-17-13-12-14-18-42)59(7)52(65)48(39(2)3)58-54(67)55(6)21-16-24-61(55)46(62)20-25-71-27-29-73-31-33-75-35-36-76-34-32-74-30-28-72-26-22-56/h12-14,17-18,39-41,43-45,48-50H,11,15-16,19-38,56H2,1-10H3,(H,57,64)(H,58,67). The zero-order valence-corrected chi connectivity index (χ0v) is 47.4. The molecule has 0 spiro atoms. The fourth-order valence-corrected chi connectivity index (χ4v) is 10.0.